The molecular formula is C13H17BrFNO3S. The third-order valence-corrected chi connectivity index (χ3v) is 6.12. The van der Waals surface area contributed by atoms with E-state index < -0.39 is 21.9 Å². The minimum absolute atomic E-state index is 0.108. The summed E-state index contributed by atoms with van der Waals surface area (Å²) in [5.74, 6) is -0.645. The SMILES string of the molecule is CC(O)C1CCN(S(=O)(=O)c2ccc(Br)cc2F)CC1. The van der Waals surface area contributed by atoms with Gasteiger partial charge in [-0.15, -0.1) is 0 Å². The Morgan fingerprint density at radius 1 is 1.40 bits per heavy atom. The lowest BCUT2D eigenvalue weighted by Gasteiger charge is -2.32. The molecule has 1 heterocycles. The monoisotopic (exact) mass is 365 g/mol. The minimum Gasteiger partial charge on any atom is -0.393 e. The third kappa shape index (κ3) is 3.21. The first-order valence-electron chi connectivity index (χ1n) is 6.45. The molecule has 1 aromatic rings. The van der Waals surface area contributed by atoms with Crippen LogP contribution in [0.25, 0.3) is 0 Å². The van der Waals surface area contributed by atoms with Crippen molar-refractivity contribution in [2.45, 2.75) is 30.8 Å². The Labute approximate surface area is 126 Å². The zero-order valence-electron chi connectivity index (χ0n) is 11.1. The standard InChI is InChI=1S/C13H17BrFNO3S/c1-9(17)10-4-6-16(7-5-10)20(18,19)13-3-2-11(14)8-12(13)15/h2-3,8-10,17H,4-7H2,1H3. The van der Waals surface area contributed by atoms with E-state index in [0.717, 1.165) is 6.07 Å². The molecule has 20 heavy (non-hydrogen) atoms. The van der Waals surface area contributed by atoms with Crippen LogP contribution < -0.4 is 0 Å². The average Bonchev–Trinajstić information content (AvgIpc) is 2.38. The molecule has 1 aromatic carbocycles. The van der Waals surface area contributed by atoms with Gasteiger partial charge < -0.3 is 5.11 Å². The van der Waals surface area contributed by atoms with Gasteiger partial charge in [0.1, 0.15) is 10.7 Å². The van der Waals surface area contributed by atoms with Crippen molar-refractivity contribution in [3.63, 3.8) is 0 Å². The Morgan fingerprint density at radius 3 is 2.50 bits per heavy atom. The van der Waals surface area contributed by atoms with Crippen molar-refractivity contribution in [1.82, 2.24) is 4.31 Å². The van der Waals surface area contributed by atoms with Gasteiger partial charge in [0, 0.05) is 17.6 Å². The fraction of sp³-hybridized carbons (Fsp3) is 0.538. The van der Waals surface area contributed by atoms with Crippen LogP contribution in [-0.2, 0) is 10.0 Å². The number of aliphatic hydroxyl groups is 1. The molecular weight excluding hydrogens is 349 g/mol. The van der Waals surface area contributed by atoms with E-state index in [-0.39, 0.29) is 10.8 Å². The highest BCUT2D eigenvalue weighted by molar-refractivity contribution is 9.10. The molecule has 0 aliphatic carbocycles. The maximum atomic E-state index is 13.8. The molecule has 0 spiro atoms. The lowest BCUT2D eigenvalue weighted by Crippen LogP contribution is -2.40. The van der Waals surface area contributed by atoms with Crippen LogP contribution in [-0.4, -0.2) is 37.0 Å². The van der Waals surface area contributed by atoms with Gasteiger partial charge in [0.25, 0.3) is 0 Å². The Morgan fingerprint density at radius 2 is 2.00 bits per heavy atom. The highest BCUT2D eigenvalue weighted by Gasteiger charge is 2.32. The van der Waals surface area contributed by atoms with Gasteiger partial charge in [-0.25, -0.2) is 12.8 Å². The largest absolute Gasteiger partial charge is 0.393 e. The zero-order valence-corrected chi connectivity index (χ0v) is 13.5. The number of hydrogen-bond donors (Lipinski definition) is 1. The molecule has 1 aliphatic rings. The molecule has 1 aliphatic heterocycles. The second kappa shape index (κ2) is 6.09. The Balaban J connectivity index is 2.20. The van der Waals surface area contributed by atoms with E-state index in [1.165, 1.54) is 16.4 Å². The molecule has 0 bridgehead atoms. The van der Waals surface area contributed by atoms with Gasteiger partial charge in [-0.1, -0.05) is 15.9 Å². The smallest absolute Gasteiger partial charge is 0.245 e. The lowest BCUT2D eigenvalue weighted by atomic mass is 9.93. The van der Waals surface area contributed by atoms with E-state index in [1.807, 2.05) is 0 Å². The van der Waals surface area contributed by atoms with Crippen molar-refractivity contribution in [3.05, 3.63) is 28.5 Å². The first-order valence-corrected chi connectivity index (χ1v) is 8.69. The summed E-state index contributed by atoms with van der Waals surface area (Å²) in [5.41, 5.74) is 0. The molecule has 1 N–H and O–H groups in total. The molecule has 112 valence electrons. The summed E-state index contributed by atoms with van der Waals surface area (Å²) in [5, 5.41) is 9.52. The minimum atomic E-state index is -3.80. The number of piperidine rings is 1. The van der Waals surface area contributed by atoms with E-state index in [9.17, 15) is 17.9 Å². The summed E-state index contributed by atoms with van der Waals surface area (Å²) < 4.78 is 40.4. The third-order valence-electron chi connectivity index (χ3n) is 3.69. The van der Waals surface area contributed by atoms with E-state index >= 15 is 0 Å². The molecule has 4 nitrogen and oxygen atoms in total. The number of aliphatic hydroxyl groups excluding tert-OH is 1. The van der Waals surface area contributed by atoms with Gasteiger partial charge in [-0.05, 0) is 43.9 Å². The van der Waals surface area contributed by atoms with Crippen molar-refractivity contribution in [2.75, 3.05) is 13.1 Å². The Hall–Kier alpha value is -0.500. The van der Waals surface area contributed by atoms with Gasteiger partial charge in [-0.3, -0.25) is 0 Å². The number of benzene rings is 1. The van der Waals surface area contributed by atoms with Crippen LogP contribution in [0, 0.1) is 11.7 Å². The molecule has 1 unspecified atom stereocenters. The van der Waals surface area contributed by atoms with Gasteiger partial charge in [0.05, 0.1) is 6.10 Å². The maximum Gasteiger partial charge on any atom is 0.245 e. The fourth-order valence-electron chi connectivity index (χ4n) is 2.42. The quantitative estimate of drug-likeness (QED) is 0.894. The normalized spacial score (nSPS) is 20.0. The number of nitrogens with zero attached hydrogens (tertiary/aromatic N) is 1. The van der Waals surface area contributed by atoms with Crippen molar-refractivity contribution >= 4 is 26.0 Å². The van der Waals surface area contributed by atoms with Gasteiger partial charge in [0.15, 0.2) is 0 Å². The molecule has 7 heteroatoms. The maximum absolute atomic E-state index is 13.8. The van der Waals surface area contributed by atoms with Crippen molar-refractivity contribution < 1.29 is 17.9 Å². The summed E-state index contributed by atoms with van der Waals surface area (Å²) in [4.78, 5) is -0.295. The van der Waals surface area contributed by atoms with Crippen LogP contribution in [0.5, 0.6) is 0 Å². The van der Waals surface area contributed by atoms with E-state index in [1.54, 1.807) is 6.92 Å². The van der Waals surface area contributed by atoms with E-state index in [2.05, 4.69) is 15.9 Å². The van der Waals surface area contributed by atoms with E-state index in [4.69, 9.17) is 0 Å². The Bertz CT molecular complexity index is 583. The number of halogens is 2. The van der Waals surface area contributed by atoms with E-state index in [0.29, 0.717) is 30.4 Å². The van der Waals surface area contributed by atoms with Crippen LogP contribution in [0.2, 0.25) is 0 Å². The highest BCUT2D eigenvalue weighted by Crippen LogP contribution is 2.27. The molecule has 0 radical (unpaired) electrons. The second-order valence-electron chi connectivity index (χ2n) is 5.06. The molecule has 1 atom stereocenters. The molecule has 0 amide bonds. The summed E-state index contributed by atoms with van der Waals surface area (Å²) in [6.07, 6.45) is 0.744. The summed E-state index contributed by atoms with van der Waals surface area (Å²) >= 11 is 3.11. The number of sulfonamides is 1. The number of rotatable bonds is 3. The fourth-order valence-corrected chi connectivity index (χ4v) is 4.27. The van der Waals surface area contributed by atoms with Crippen LogP contribution in [0.3, 0.4) is 0 Å². The van der Waals surface area contributed by atoms with Crippen LogP contribution in [0.1, 0.15) is 19.8 Å². The molecule has 0 aromatic heterocycles. The van der Waals surface area contributed by atoms with Gasteiger partial charge in [-0.2, -0.15) is 4.31 Å². The molecule has 1 saturated heterocycles. The van der Waals surface area contributed by atoms with Crippen molar-refractivity contribution in [3.8, 4) is 0 Å². The zero-order chi connectivity index (χ0) is 14.9. The topological polar surface area (TPSA) is 57.6 Å². The van der Waals surface area contributed by atoms with Crippen LogP contribution in [0.15, 0.2) is 27.6 Å². The average molecular weight is 366 g/mol. The van der Waals surface area contributed by atoms with Crippen molar-refractivity contribution in [2.24, 2.45) is 5.92 Å². The number of hydrogen-bond acceptors (Lipinski definition) is 3. The molecule has 2 rings (SSSR count). The highest BCUT2D eigenvalue weighted by atomic mass is 79.9. The summed E-state index contributed by atoms with van der Waals surface area (Å²) in [6, 6.07) is 3.93. The predicted molar refractivity (Wildman–Crippen MR) is 77.3 cm³/mol. The second-order valence-corrected chi connectivity index (χ2v) is 7.88. The lowest BCUT2D eigenvalue weighted by molar-refractivity contribution is 0.0911. The van der Waals surface area contributed by atoms with Gasteiger partial charge >= 0.3 is 0 Å². The first kappa shape index (κ1) is 15.9. The van der Waals surface area contributed by atoms with Crippen LogP contribution in [0.4, 0.5) is 4.39 Å². The predicted octanol–water partition coefficient (Wildman–Crippen LogP) is 2.37. The first-order chi connectivity index (χ1) is 9.32. The Kier molecular flexibility index (Phi) is 4.84. The molecule has 1 fully saturated rings. The summed E-state index contributed by atoms with van der Waals surface area (Å²) in [7, 11) is -3.80. The molecule has 0 saturated carbocycles. The van der Waals surface area contributed by atoms with Crippen LogP contribution >= 0.6 is 15.9 Å². The summed E-state index contributed by atoms with van der Waals surface area (Å²) in [6.45, 7) is 2.34. The van der Waals surface area contributed by atoms with Gasteiger partial charge in [0.2, 0.25) is 10.0 Å². The van der Waals surface area contributed by atoms with Crippen molar-refractivity contribution in [1.29, 1.82) is 0 Å².